The van der Waals surface area contributed by atoms with Gasteiger partial charge >= 0.3 is 6.03 Å². The van der Waals surface area contributed by atoms with Crippen molar-refractivity contribution in [1.82, 2.24) is 15.8 Å². The van der Waals surface area contributed by atoms with Crippen LogP contribution >= 0.6 is 23.8 Å². The maximum absolute atomic E-state index is 13.2. The standard InChI is InChI=1S/C18H16ClFN4O2S/c1-2-18(11-6-4-3-5-7-11)15(25)24(17(26)22-18)23-16(27)21-12-8-9-14(20)13(19)10-12/h3-10H,2H2,1H3,(H,22,26)(H2,21,23,27)/t18-/m1/s1. The fraction of sp³-hybridized carbons (Fsp3) is 0.167. The van der Waals surface area contributed by atoms with Crippen LogP contribution in [0.4, 0.5) is 14.9 Å². The molecule has 0 radical (unpaired) electrons. The summed E-state index contributed by atoms with van der Waals surface area (Å²) in [6, 6.07) is 12.3. The van der Waals surface area contributed by atoms with Gasteiger partial charge in [0.2, 0.25) is 0 Å². The van der Waals surface area contributed by atoms with Crippen LogP contribution in [0, 0.1) is 5.82 Å². The fourth-order valence-electron chi connectivity index (χ4n) is 2.87. The van der Waals surface area contributed by atoms with E-state index in [1.165, 1.54) is 18.2 Å². The summed E-state index contributed by atoms with van der Waals surface area (Å²) in [5.74, 6) is -1.03. The monoisotopic (exact) mass is 406 g/mol. The number of hydrogen-bond donors (Lipinski definition) is 3. The van der Waals surface area contributed by atoms with E-state index in [2.05, 4.69) is 16.1 Å². The molecule has 1 atom stereocenters. The Morgan fingerprint density at radius 3 is 2.59 bits per heavy atom. The number of halogens is 2. The average Bonchev–Trinajstić information content (AvgIpc) is 2.90. The molecule has 1 saturated heterocycles. The van der Waals surface area contributed by atoms with Crippen LogP contribution < -0.4 is 16.1 Å². The lowest BCUT2D eigenvalue weighted by Crippen LogP contribution is -2.49. The first kappa shape index (κ1) is 19.1. The second-order valence-electron chi connectivity index (χ2n) is 5.89. The third-order valence-electron chi connectivity index (χ3n) is 4.28. The van der Waals surface area contributed by atoms with Gasteiger partial charge in [0.1, 0.15) is 11.4 Å². The Morgan fingerprint density at radius 2 is 1.96 bits per heavy atom. The topological polar surface area (TPSA) is 73.5 Å². The number of anilines is 1. The minimum absolute atomic E-state index is 0.0128. The highest BCUT2D eigenvalue weighted by Gasteiger charge is 2.51. The summed E-state index contributed by atoms with van der Waals surface area (Å²) >= 11 is 10.9. The zero-order chi connectivity index (χ0) is 19.6. The summed E-state index contributed by atoms with van der Waals surface area (Å²) < 4.78 is 13.2. The predicted octanol–water partition coefficient (Wildman–Crippen LogP) is 3.54. The summed E-state index contributed by atoms with van der Waals surface area (Å²) in [7, 11) is 0. The van der Waals surface area contributed by atoms with E-state index in [4.69, 9.17) is 23.8 Å². The minimum atomic E-state index is -1.17. The molecule has 9 heteroatoms. The molecule has 3 N–H and O–H groups in total. The number of nitrogens with zero attached hydrogens (tertiary/aromatic N) is 1. The number of benzene rings is 2. The molecule has 3 rings (SSSR count). The van der Waals surface area contributed by atoms with Crippen LogP contribution in [0.15, 0.2) is 48.5 Å². The van der Waals surface area contributed by atoms with Crippen LogP contribution in [0.2, 0.25) is 5.02 Å². The van der Waals surface area contributed by atoms with Gasteiger partial charge < -0.3 is 10.6 Å². The van der Waals surface area contributed by atoms with Crippen molar-refractivity contribution >= 4 is 46.6 Å². The van der Waals surface area contributed by atoms with Crippen molar-refractivity contribution in [1.29, 1.82) is 0 Å². The number of urea groups is 1. The van der Waals surface area contributed by atoms with Crippen molar-refractivity contribution in [2.24, 2.45) is 0 Å². The molecular formula is C18H16ClFN4O2S. The zero-order valence-electron chi connectivity index (χ0n) is 14.3. The first-order valence-corrected chi connectivity index (χ1v) is 8.91. The van der Waals surface area contributed by atoms with E-state index in [1.807, 2.05) is 13.0 Å². The van der Waals surface area contributed by atoms with Crippen molar-refractivity contribution in [3.05, 3.63) is 64.9 Å². The van der Waals surface area contributed by atoms with Crippen molar-refractivity contribution in [2.75, 3.05) is 5.32 Å². The molecular weight excluding hydrogens is 391 g/mol. The zero-order valence-corrected chi connectivity index (χ0v) is 15.8. The van der Waals surface area contributed by atoms with E-state index >= 15 is 0 Å². The number of hydrogen-bond acceptors (Lipinski definition) is 3. The lowest BCUT2D eigenvalue weighted by molar-refractivity contribution is -0.133. The lowest BCUT2D eigenvalue weighted by atomic mass is 9.87. The van der Waals surface area contributed by atoms with E-state index in [1.54, 1.807) is 24.3 Å². The van der Waals surface area contributed by atoms with E-state index in [0.29, 0.717) is 17.7 Å². The highest BCUT2D eigenvalue weighted by molar-refractivity contribution is 7.80. The van der Waals surface area contributed by atoms with Crippen molar-refractivity contribution < 1.29 is 14.0 Å². The number of hydrazine groups is 1. The second kappa shape index (κ2) is 7.50. The van der Waals surface area contributed by atoms with Crippen molar-refractivity contribution in [2.45, 2.75) is 18.9 Å². The number of amides is 3. The maximum Gasteiger partial charge on any atom is 0.344 e. The Bertz CT molecular complexity index is 911. The molecule has 3 amide bonds. The van der Waals surface area contributed by atoms with Gasteiger partial charge in [-0.05, 0) is 42.4 Å². The van der Waals surface area contributed by atoms with Crippen LogP contribution in [0.25, 0.3) is 0 Å². The number of nitrogens with one attached hydrogen (secondary N) is 3. The average molecular weight is 407 g/mol. The molecule has 1 aliphatic rings. The van der Waals surface area contributed by atoms with Gasteiger partial charge in [-0.1, -0.05) is 48.9 Å². The summed E-state index contributed by atoms with van der Waals surface area (Å²) in [4.78, 5) is 25.4. The molecule has 1 heterocycles. The highest BCUT2D eigenvalue weighted by Crippen LogP contribution is 2.31. The van der Waals surface area contributed by atoms with Gasteiger partial charge in [0, 0.05) is 5.69 Å². The van der Waals surface area contributed by atoms with Crippen LogP contribution in [0.3, 0.4) is 0 Å². The van der Waals surface area contributed by atoms with Gasteiger partial charge in [0.25, 0.3) is 5.91 Å². The van der Waals surface area contributed by atoms with Crippen LogP contribution in [0.5, 0.6) is 0 Å². The van der Waals surface area contributed by atoms with Gasteiger partial charge in [-0.2, -0.15) is 5.01 Å². The van der Waals surface area contributed by atoms with E-state index in [-0.39, 0.29) is 10.1 Å². The second-order valence-corrected chi connectivity index (χ2v) is 6.71. The molecule has 1 fully saturated rings. The lowest BCUT2D eigenvalue weighted by Gasteiger charge is -2.25. The molecule has 1 aliphatic heterocycles. The molecule has 0 saturated carbocycles. The number of thiocarbonyl (C=S) groups is 1. The minimum Gasteiger partial charge on any atom is -0.331 e. The molecule has 0 aliphatic carbocycles. The summed E-state index contributed by atoms with van der Waals surface area (Å²) in [6.07, 6.45) is 0.369. The van der Waals surface area contributed by atoms with Gasteiger partial charge in [0.15, 0.2) is 5.11 Å². The van der Waals surface area contributed by atoms with Gasteiger partial charge in [0.05, 0.1) is 5.02 Å². The van der Waals surface area contributed by atoms with Gasteiger partial charge in [-0.25, -0.2) is 9.18 Å². The molecule has 6 nitrogen and oxygen atoms in total. The van der Waals surface area contributed by atoms with Gasteiger partial charge in [-0.3, -0.25) is 10.2 Å². The van der Waals surface area contributed by atoms with E-state index in [0.717, 1.165) is 5.01 Å². The van der Waals surface area contributed by atoms with Crippen molar-refractivity contribution in [3.63, 3.8) is 0 Å². The Labute approximate surface area is 165 Å². The molecule has 0 aromatic heterocycles. The molecule has 140 valence electrons. The molecule has 2 aromatic rings. The normalized spacial score (nSPS) is 19.0. The summed E-state index contributed by atoms with van der Waals surface area (Å²) in [6.45, 7) is 1.81. The number of carbonyl (C=O) groups is 2. The number of imide groups is 1. The van der Waals surface area contributed by atoms with Crippen LogP contribution in [0.1, 0.15) is 18.9 Å². The molecule has 27 heavy (non-hydrogen) atoms. The maximum atomic E-state index is 13.2. The third kappa shape index (κ3) is 3.58. The first-order chi connectivity index (χ1) is 12.9. The summed E-state index contributed by atoms with van der Waals surface area (Å²) in [5.41, 5.74) is 2.50. The van der Waals surface area contributed by atoms with Crippen LogP contribution in [-0.4, -0.2) is 22.1 Å². The van der Waals surface area contributed by atoms with Crippen molar-refractivity contribution in [3.8, 4) is 0 Å². The Kier molecular flexibility index (Phi) is 5.29. The molecule has 0 spiro atoms. The summed E-state index contributed by atoms with van der Waals surface area (Å²) in [5, 5.41) is 6.23. The fourth-order valence-corrected chi connectivity index (χ4v) is 3.26. The number of rotatable bonds is 4. The SMILES string of the molecule is CC[C@]1(c2ccccc2)NC(=O)N(NC(=S)Nc2ccc(F)c(Cl)c2)C1=O. The Balaban J connectivity index is 1.77. The van der Waals surface area contributed by atoms with E-state index in [9.17, 15) is 14.0 Å². The predicted molar refractivity (Wildman–Crippen MR) is 105 cm³/mol. The number of carbonyl (C=O) groups excluding carboxylic acids is 2. The van der Waals surface area contributed by atoms with Gasteiger partial charge in [-0.15, -0.1) is 0 Å². The Hall–Kier alpha value is -2.71. The Morgan fingerprint density at radius 1 is 1.26 bits per heavy atom. The smallest absolute Gasteiger partial charge is 0.331 e. The highest BCUT2D eigenvalue weighted by atomic mass is 35.5. The largest absolute Gasteiger partial charge is 0.344 e. The molecule has 0 unspecified atom stereocenters. The third-order valence-corrected chi connectivity index (χ3v) is 4.76. The first-order valence-electron chi connectivity index (χ1n) is 8.12. The van der Waals surface area contributed by atoms with Crippen LogP contribution in [-0.2, 0) is 10.3 Å². The van der Waals surface area contributed by atoms with E-state index < -0.39 is 23.3 Å². The quantitative estimate of drug-likeness (QED) is 0.535. The molecule has 0 bridgehead atoms. The molecule has 2 aromatic carbocycles.